The third-order valence-corrected chi connectivity index (χ3v) is 5.88. The second-order valence-electron chi connectivity index (χ2n) is 4.96. The number of rotatable bonds is 6. The molecule has 2 aromatic heterocycles. The molecule has 4 nitrogen and oxygen atoms in total. The Kier molecular flexibility index (Phi) is 5.40. The van der Waals surface area contributed by atoms with Crippen molar-refractivity contribution in [2.24, 2.45) is 0 Å². The van der Waals surface area contributed by atoms with Crippen molar-refractivity contribution in [2.45, 2.75) is 18.6 Å². The van der Waals surface area contributed by atoms with Crippen LogP contribution in [0.2, 0.25) is 0 Å². The molecule has 0 saturated heterocycles. The van der Waals surface area contributed by atoms with Crippen molar-refractivity contribution in [3.05, 3.63) is 45.1 Å². The number of nitrogens with one attached hydrogen (secondary N) is 1. The van der Waals surface area contributed by atoms with Gasteiger partial charge in [0.15, 0.2) is 5.16 Å². The van der Waals surface area contributed by atoms with E-state index in [0.717, 1.165) is 20.0 Å². The van der Waals surface area contributed by atoms with Gasteiger partial charge in [0.1, 0.15) is 0 Å². The van der Waals surface area contributed by atoms with Gasteiger partial charge in [-0.3, -0.25) is 4.79 Å². The average Bonchev–Trinajstić information content (AvgIpc) is 3.15. The third-order valence-electron chi connectivity index (χ3n) is 3.41. The monoisotopic (exact) mass is 409 g/mol. The van der Waals surface area contributed by atoms with E-state index in [1.54, 1.807) is 11.3 Å². The van der Waals surface area contributed by atoms with Crippen LogP contribution in [-0.4, -0.2) is 33.1 Å². The Labute approximate surface area is 151 Å². The van der Waals surface area contributed by atoms with Crippen molar-refractivity contribution in [3.8, 4) is 0 Å². The number of benzene rings is 1. The molecule has 0 bridgehead atoms. The van der Waals surface area contributed by atoms with E-state index in [1.807, 2.05) is 42.2 Å². The van der Waals surface area contributed by atoms with Gasteiger partial charge in [-0.25, -0.2) is 4.98 Å². The van der Waals surface area contributed by atoms with Crippen LogP contribution in [-0.2, 0) is 11.3 Å². The van der Waals surface area contributed by atoms with Gasteiger partial charge in [0, 0.05) is 11.4 Å². The van der Waals surface area contributed by atoms with Gasteiger partial charge >= 0.3 is 0 Å². The summed E-state index contributed by atoms with van der Waals surface area (Å²) in [5.41, 5.74) is 1.93. The van der Waals surface area contributed by atoms with Crippen LogP contribution in [0, 0.1) is 0 Å². The highest BCUT2D eigenvalue weighted by Crippen LogP contribution is 2.24. The van der Waals surface area contributed by atoms with Gasteiger partial charge in [0.25, 0.3) is 0 Å². The average molecular weight is 410 g/mol. The zero-order valence-corrected chi connectivity index (χ0v) is 15.8. The predicted octanol–water partition coefficient (Wildman–Crippen LogP) is 4.53. The Bertz CT molecular complexity index is 781. The fraction of sp³-hybridized carbons (Fsp3) is 0.250. The summed E-state index contributed by atoms with van der Waals surface area (Å²) in [6.07, 6.45) is 0. The van der Waals surface area contributed by atoms with E-state index < -0.39 is 0 Å². The third kappa shape index (κ3) is 4.16. The summed E-state index contributed by atoms with van der Waals surface area (Å²) in [6, 6.07) is 11.9. The molecule has 0 unspecified atom stereocenters. The Morgan fingerprint density at radius 1 is 1.35 bits per heavy atom. The summed E-state index contributed by atoms with van der Waals surface area (Å²) in [5, 5.41) is 0.787. The number of carbonyl (C=O) groups excluding carboxylic acids is 1. The molecule has 1 N–H and O–H groups in total. The Balaban J connectivity index is 1.60. The summed E-state index contributed by atoms with van der Waals surface area (Å²) in [7, 11) is 0. The quantitative estimate of drug-likeness (QED) is 0.608. The fourth-order valence-corrected chi connectivity index (χ4v) is 4.51. The number of H-pyrrole nitrogens is 1. The molecule has 0 spiro atoms. The minimum absolute atomic E-state index is 0.127. The van der Waals surface area contributed by atoms with Crippen molar-refractivity contribution in [2.75, 3.05) is 12.3 Å². The van der Waals surface area contributed by atoms with E-state index in [0.29, 0.717) is 18.8 Å². The van der Waals surface area contributed by atoms with Crippen LogP contribution in [0.3, 0.4) is 0 Å². The highest BCUT2D eigenvalue weighted by molar-refractivity contribution is 9.11. The van der Waals surface area contributed by atoms with Gasteiger partial charge in [-0.1, -0.05) is 23.9 Å². The molecule has 0 aliphatic rings. The molecule has 0 atom stereocenters. The smallest absolute Gasteiger partial charge is 0.233 e. The molecule has 0 radical (unpaired) electrons. The summed E-state index contributed by atoms with van der Waals surface area (Å²) < 4.78 is 1.09. The number of hydrogen-bond donors (Lipinski definition) is 1. The molecule has 0 aliphatic heterocycles. The number of nitrogens with zero attached hydrogens (tertiary/aromatic N) is 2. The SMILES string of the molecule is CCN(Cc1ccc(Br)s1)C(=O)CSc1nc2ccccc2[nH]1. The number of imidazole rings is 1. The van der Waals surface area contributed by atoms with Crippen molar-refractivity contribution < 1.29 is 4.79 Å². The van der Waals surface area contributed by atoms with E-state index >= 15 is 0 Å². The first-order chi connectivity index (χ1) is 11.2. The van der Waals surface area contributed by atoms with E-state index in [-0.39, 0.29) is 5.91 Å². The number of thioether (sulfide) groups is 1. The van der Waals surface area contributed by atoms with Gasteiger partial charge in [0.05, 0.1) is 27.1 Å². The lowest BCUT2D eigenvalue weighted by Crippen LogP contribution is -2.31. The second kappa shape index (κ2) is 7.51. The Morgan fingerprint density at radius 3 is 2.87 bits per heavy atom. The van der Waals surface area contributed by atoms with Gasteiger partial charge in [-0.05, 0) is 47.1 Å². The highest BCUT2D eigenvalue weighted by atomic mass is 79.9. The molecule has 0 aliphatic carbocycles. The maximum atomic E-state index is 12.4. The summed E-state index contributed by atoms with van der Waals surface area (Å²) in [4.78, 5) is 23.2. The molecule has 2 heterocycles. The van der Waals surface area contributed by atoms with E-state index in [2.05, 4.69) is 32.0 Å². The number of halogens is 1. The van der Waals surface area contributed by atoms with Crippen LogP contribution >= 0.6 is 39.0 Å². The molecule has 0 saturated carbocycles. The van der Waals surface area contributed by atoms with Crippen LogP contribution in [0.25, 0.3) is 11.0 Å². The van der Waals surface area contributed by atoms with Gasteiger partial charge in [0.2, 0.25) is 5.91 Å². The van der Waals surface area contributed by atoms with Gasteiger partial charge in [-0.2, -0.15) is 0 Å². The molecule has 120 valence electrons. The van der Waals surface area contributed by atoms with Crippen molar-refractivity contribution in [1.29, 1.82) is 0 Å². The molecule has 1 aromatic carbocycles. The number of amides is 1. The number of aromatic nitrogens is 2. The van der Waals surface area contributed by atoms with Crippen molar-refractivity contribution in [1.82, 2.24) is 14.9 Å². The Hall–Kier alpha value is -1.31. The first-order valence-corrected chi connectivity index (χ1v) is 9.84. The van der Waals surface area contributed by atoms with E-state index in [1.165, 1.54) is 16.6 Å². The summed E-state index contributed by atoms with van der Waals surface area (Å²) >= 11 is 6.57. The topological polar surface area (TPSA) is 49.0 Å². The minimum atomic E-state index is 0.127. The lowest BCUT2D eigenvalue weighted by Gasteiger charge is -2.19. The molecule has 7 heteroatoms. The van der Waals surface area contributed by atoms with Crippen LogP contribution in [0.15, 0.2) is 45.3 Å². The maximum Gasteiger partial charge on any atom is 0.233 e. The number of aromatic amines is 1. The van der Waals surface area contributed by atoms with E-state index in [9.17, 15) is 4.79 Å². The molecular weight excluding hydrogens is 394 g/mol. The number of fused-ring (bicyclic) bond motifs is 1. The lowest BCUT2D eigenvalue weighted by molar-refractivity contribution is -0.128. The summed E-state index contributed by atoms with van der Waals surface area (Å²) in [6.45, 7) is 3.37. The zero-order chi connectivity index (χ0) is 16.2. The first-order valence-electron chi connectivity index (χ1n) is 7.25. The molecule has 3 aromatic rings. The van der Waals surface area contributed by atoms with Crippen LogP contribution < -0.4 is 0 Å². The minimum Gasteiger partial charge on any atom is -0.337 e. The molecule has 23 heavy (non-hydrogen) atoms. The lowest BCUT2D eigenvalue weighted by atomic mass is 10.3. The Morgan fingerprint density at radius 2 is 2.17 bits per heavy atom. The van der Waals surface area contributed by atoms with Gasteiger partial charge in [-0.15, -0.1) is 11.3 Å². The molecular formula is C16H16BrN3OS2. The van der Waals surface area contributed by atoms with Crippen molar-refractivity contribution >= 4 is 56.0 Å². The largest absolute Gasteiger partial charge is 0.337 e. The number of carbonyl (C=O) groups is 1. The van der Waals surface area contributed by atoms with Crippen LogP contribution in [0.5, 0.6) is 0 Å². The first kappa shape index (κ1) is 16.5. The molecule has 3 rings (SSSR count). The van der Waals surface area contributed by atoms with E-state index in [4.69, 9.17) is 0 Å². The summed E-state index contributed by atoms with van der Waals surface area (Å²) in [5.74, 6) is 0.516. The highest BCUT2D eigenvalue weighted by Gasteiger charge is 2.14. The normalized spacial score (nSPS) is 11.0. The number of para-hydroxylation sites is 2. The molecule has 1 amide bonds. The maximum absolute atomic E-state index is 12.4. The zero-order valence-electron chi connectivity index (χ0n) is 12.6. The second-order valence-corrected chi connectivity index (χ2v) is 8.47. The van der Waals surface area contributed by atoms with Gasteiger partial charge < -0.3 is 9.88 Å². The molecule has 0 fully saturated rings. The van der Waals surface area contributed by atoms with Crippen LogP contribution in [0.1, 0.15) is 11.8 Å². The number of hydrogen-bond acceptors (Lipinski definition) is 4. The predicted molar refractivity (Wildman–Crippen MR) is 99.9 cm³/mol. The number of thiophene rings is 1. The standard InChI is InChI=1S/C16H16BrN3OS2/c1-2-20(9-11-7-8-14(17)23-11)15(21)10-22-16-18-12-5-3-4-6-13(12)19-16/h3-8H,2,9-10H2,1H3,(H,18,19). The van der Waals surface area contributed by atoms with Crippen LogP contribution in [0.4, 0.5) is 0 Å². The fourth-order valence-electron chi connectivity index (χ4n) is 2.22. The van der Waals surface area contributed by atoms with Crippen molar-refractivity contribution in [3.63, 3.8) is 0 Å².